The highest BCUT2D eigenvalue weighted by molar-refractivity contribution is 5.64. The molecule has 1 saturated heterocycles. The van der Waals surface area contributed by atoms with Gasteiger partial charge >= 0.3 is 0 Å². The van der Waals surface area contributed by atoms with Crippen LogP contribution in [0.2, 0.25) is 0 Å². The summed E-state index contributed by atoms with van der Waals surface area (Å²) >= 11 is 0. The van der Waals surface area contributed by atoms with Crippen LogP contribution >= 0.6 is 0 Å². The minimum absolute atomic E-state index is 0.139. The Morgan fingerprint density at radius 3 is 2.90 bits per heavy atom. The number of benzene rings is 1. The molecule has 0 saturated carbocycles. The first kappa shape index (κ1) is 19.1. The van der Waals surface area contributed by atoms with Crippen LogP contribution in [0.15, 0.2) is 24.4 Å². The van der Waals surface area contributed by atoms with Crippen LogP contribution in [0, 0.1) is 12.7 Å². The van der Waals surface area contributed by atoms with E-state index in [4.69, 9.17) is 4.74 Å². The van der Waals surface area contributed by atoms with Crippen molar-refractivity contribution in [3.05, 3.63) is 41.6 Å². The molecule has 1 aliphatic heterocycles. The Hall–Kier alpha value is -3.27. The SMILES string of the molecule is CNc1cc(C)nc(Nc2ccc(OC)c(-n3cc([C@H]4CCCN4)nn3)c2F)n1. The predicted molar refractivity (Wildman–Crippen MR) is 107 cm³/mol. The van der Waals surface area contributed by atoms with Crippen LogP contribution in [-0.4, -0.2) is 45.7 Å². The van der Waals surface area contributed by atoms with Crippen molar-refractivity contribution in [3.63, 3.8) is 0 Å². The number of hydrogen-bond acceptors (Lipinski definition) is 8. The Kier molecular flexibility index (Phi) is 5.26. The molecule has 0 radical (unpaired) electrons. The quantitative estimate of drug-likeness (QED) is 0.583. The number of aromatic nitrogens is 5. The molecule has 9 nitrogen and oxygen atoms in total. The topological polar surface area (TPSA) is 102 Å². The zero-order valence-electron chi connectivity index (χ0n) is 16.5. The van der Waals surface area contributed by atoms with E-state index in [-0.39, 0.29) is 17.4 Å². The largest absolute Gasteiger partial charge is 0.494 e. The van der Waals surface area contributed by atoms with Crippen molar-refractivity contribution in [2.75, 3.05) is 31.3 Å². The molecular weight excluding hydrogens is 375 g/mol. The maximum absolute atomic E-state index is 15.4. The third-order valence-electron chi connectivity index (χ3n) is 4.81. The van der Waals surface area contributed by atoms with Gasteiger partial charge in [0.2, 0.25) is 5.95 Å². The highest BCUT2D eigenvalue weighted by atomic mass is 19.1. The molecular formula is C19H23FN8O. The van der Waals surface area contributed by atoms with Crippen molar-refractivity contribution >= 4 is 17.5 Å². The van der Waals surface area contributed by atoms with Crippen molar-refractivity contribution in [1.29, 1.82) is 0 Å². The summed E-state index contributed by atoms with van der Waals surface area (Å²) in [5, 5.41) is 17.6. The van der Waals surface area contributed by atoms with Crippen molar-refractivity contribution in [2.45, 2.75) is 25.8 Å². The first-order valence-corrected chi connectivity index (χ1v) is 9.42. The van der Waals surface area contributed by atoms with E-state index in [1.165, 1.54) is 11.8 Å². The lowest BCUT2D eigenvalue weighted by molar-refractivity contribution is 0.407. The van der Waals surface area contributed by atoms with Crippen LogP contribution in [0.4, 0.5) is 21.8 Å². The molecule has 0 amide bonds. The Morgan fingerprint density at radius 1 is 1.31 bits per heavy atom. The normalized spacial score (nSPS) is 16.1. The van der Waals surface area contributed by atoms with E-state index in [1.807, 2.05) is 6.92 Å². The molecule has 1 atom stereocenters. The molecule has 1 fully saturated rings. The molecule has 4 rings (SSSR count). The van der Waals surface area contributed by atoms with Crippen LogP contribution < -0.4 is 20.7 Å². The summed E-state index contributed by atoms with van der Waals surface area (Å²) in [5.74, 6) is 0.749. The maximum atomic E-state index is 15.4. The zero-order valence-corrected chi connectivity index (χ0v) is 16.5. The van der Waals surface area contributed by atoms with Gasteiger partial charge in [0.25, 0.3) is 0 Å². The monoisotopic (exact) mass is 398 g/mol. The smallest absolute Gasteiger partial charge is 0.229 e. The van der Waals surface area contributed by atoms with Gasteiger partial charge in [0, 0.05) is 18.8 Å². The lowest BCUT2D eigenvalue weighted by Gasteiger charge is -2.14. The second-order valence-corrected chi connectivity index (χ2v) is 6.81. The molecule has 1 aliphatic rings. The van der Waals surface area contributed by atoms with Gasteiger partial charge in [0.15, 0.2) is 5.82 Å². The van der Waals surface area contributed by atoms with Gasteiger partial charge in [-0.25, -0.2) is 14.1 Å². The summed E-state index contributed by atoms with van der Waals surface area (Å²) in [7, 11) is 3.25. The van der Waals surface area contributed by atoms with Gasteiger partial charge in [0.1, 0.15) is 22.9 Å². The molecule has 3 aromatic rings. The Balaban J connectivity index is 1.70. The lowest BCUT2D eigenvalue weighted by atomic mass is 10.2. The highest BCUT2D eigenvalue weighted by Gasteiger charge is 2.23. The van der Waals surface area contributed by atoms with E-state index in [1.54, 1.807) is 31.4 Å². The average molecular weight is 398 g/mol. The van der Waals surface area contributed by atoms with Crippen LogP contribution in [0.1, 0.15) is 30.3 Å². The fraction of sp³-hybridized carbons (Fsp3) is 0.368. The van der Waals surface area contributed by atoms with Crippen LogP contribution in [0.25, 0.3) is 5.69 Å². The number of nitrogens with one attached hydrogen (secondary N) is 3. The first-order chi connectivity index (χ1) is 14.1. The van der Waals surface area contributed by atoms with Crippen molar-refractivity contribution in [1.82, 2.24) is 30.3 Å². The molecule has 29 heavy (non-hydrogen) atoms. The molecule has 2 aromatic heterocycles. The molecule has 1 aromatic carbocycles. The summed E-state index contributed by atoms with van der Waals surface area (Å²) in [6, 6.07) is 5.19. The van der Waals surface area contributed by atoms with Crippen molar-refractivity contribution < 1.29 is 9.13 Å². The van der Waals surface area contributed by atoms with Gasteiger partial charge in [0.05, 0.1) is 25.0 Å². The van der Waals surface area contributed by atoms with Crippen molar-refractivity contribution in [2.24, 2.45) is 0 Å². The van der Waals surface area contributed by atoms with E-state index in [9.17, 15) is 0 Å². The van der Waals surface area contributed by atoms with E-state index >= 15 is 4.39 Å². The van der Waals surface area contributed by atoms with Crippen molar-refractivity contribution in [3.8, 4) is 11.4 Å². The zero-order chi connectivity index (χ0) is 20.4. The van der Waals surface area contributed by atoms with E-state index in [2.05, 4.69) is 36.2 Å². The number of halogens is 1. The summed E-state index contributed by atoms with van der Waals surface area (Å²) < 4.78 is 22.2. The highest BCUT2D eigenvalue weighted by Crippen LogP contribution is 2.32. The summed E-state index contributed by atoms with van der Waals surface area (Å²) in [4.78, 5) is 8.63. The molecule has 3 heterocycles. The number of aryl methyl sites for hydroxylation is 1. The van der Waals surface area contributed by atoms with Gasteiger partial charge in [-0.05, 0) is 38.4 Å². The second-order valence-electron chi connectivity index (χ2n) is 6.81. The van der Waals surface area contributed by atoms with E-state index in [0.717, 1.165) is 30.8 Å². The molecule has 10 heteroatoms. The average Bonchev–Trinajstić information content (AvgIpc) is 3.40. The molecule has 3 N–H and O–H groups in total. The number of nitrogens with zero attached hydrogens (tertiary/aromatic N) is 5. The molecule has 0 bridgehead atoms. The Bertz CT molecular complexity index is 1020. The van der Waals surface area contributed by atoms with Gasteiger partial charge in [-0.15, -0.1) is 5.10 Å². The lowest BCUT2D eigenvalue weighted by Crippen LogP contribution is -2.13. The van der Waals surface area contributed by atoms with E-state index < -0.39 is 5.82 Å². The second kappa shape index (κ2) is 8.00. The van der Waals surface area contributed by atoms with E-state index in [0.29, 0.717) is 17.5 Å². The molecule has 152 valence electrons. The fourth-order valence-corrected chi connectivity index (χ4v) is 3.38. The third-order valence-corrected chi connectivity index (χ3v) is 4.81. The van der Waals surface area contributed by atoms with Gasteiger partial charge in [-0.1, -0.05) is 5.21 Å². The Labute approximate surface area is 167 Å². The van der Waals surface area contributed by atoms with Gasteiger partial charge in [-0.3, -0.25) is 0 Å². The number of ether oxygens (including phenoxy) is 1. The van der Waals surface area contributed by atoms with Crippen LogP contribution in [-0.2, 0) is 0 Å². The minimum Gasteiger partial charge on any atom is -0.494 e. The van der Waals surface area contributed by atoms with Gasteiger partial charge < -0.3 is 20.7 Å². The molecule has 0 aliphatic carbocycles. The summed E-state index contributed by atoms with van der Waals surface area (Å²) in [6.45, 7) is 2.79. The number of rotatable bonds is 6. The first-order valence-electron chi connectivity index (χ1n) is 9.42. The summed E-state index contributed by atoms with van der Waals surface area (Å²) in [6.07, 6.45) is 3.80. The van der Waals surface area contributed by atoms with Crippen LogP contribution in [0.3, 0.4) is 0 Å². The number of hydrogen-bond donors (Lipinski definition) is 3. The number of methoxy groups -OCH3 is 1. The Morgan fingerprint density at radius 2 is 2.17 bits per heavy atom. The third kappa shape index (κ3) is 3.83. The summed E-state index contributed by atoms with van der Waals surface area (Å²) in [5.41, 5.74) is 1.93. The standard InChI is InChI=1S/C19H23FN8O/c1-11-9-16(21-2)25-19(23-11)24-13-6-7-15(29-3)18(17(13)20)28-10-14(26-27-28)12-5-4-8-22-12/h6-7,9-10,12,22H,4-5,8H2,1-3H3,(H2,21,23,24,25)/t12-/m1/s1. The predicted octanol–water partition coefficient (Wildman–Crippen LogP) is 2.72. The fourth-order valence-electron chi connectivity index (χ4n) is 3.38. The minimum atomic E-state index is -0.531. The maximum Gasteiger partial charge on any atom is 0.229 e. The number of anilines is 3. The van der Waals surface area contributed by atoms with Gasteiger partial charge in [-0.2, -0.15) is 4.98 Å². The molecule has 0 spiro atoms. The molecule has 0 unspecified atom stereocenters. The van der Waals surface area contributed by atoms with Crippen LogP contribution in [0.5, 0.6) is 5.75 Å².